The Morgan fingerprint density at radius 3 is 2.93 bits per heavy atom. The molecule has 0 unspecified atom stereocenters. The predicted octanol–water partition coefficient (Wildman–Crippen LogP) is 1.09. The summed E-state index contributed by atoms with van der Waals surface area (Å²) in [5, 5.41) is 0. The molecule has 0 radical (unpaired) electrons. The maximum Gasteiger partial charge on any atom is 0.311 e. The number of carbonyl (C=O) groups excluding carboxylic acids is 1. The molecule has 0 saturated carbocycles. The van der Waals surface area contributed by atoms with Gasteiger partial charge in [-0.25, -0.2) is 0 Å². The van der Waals surface area contributed by atoms with Gasteiger partial charge in [0.05, 0.1) is 0 Å². The van der Waals surface area contributed by atoms with E-state index in [0.717, 1.165) is 0 Å². The molecule has 0 saturated heterocycles. The number of carbonyl (C=O) groups is 1. The van der Waals surface area contributed by atoms with E-state index < -0.39 is 0 Å². The second-order valence-corrected chi connectivity index (χ2v) is 3.01. The summed E-state index contributed by atoms with van der Waals surface area (Å²) in [6.07, 6.45) is 2.66. The molecular formula is C10H13NO3. The fourth-order valence-corrected chi connectivity index (χ4v) is 1.03. The maximum atomic E-state index is 11.4. The largest absolute Gasteiger partial charge is 0.421 e. The van der Waals surface area contributed by atoms with Gasteiger partial charge in [0.15, 0.2) is 5.75 Å². The molecule has 0 aromatic carbocycles. The Bertz CT molecular complexity index is 381. The predicted molar refractivity (Wildman–Crippen MR) is 52.2 cm³/mol. The van der Waals surface area contributed by atoms with Crippen molar-refractivity contribution in [2.45, 2.75) is 19.8 Å². The second-order valence-electron chi connectivity index (χ2n) is 3.01. The van der Waals surface area contributed by atoms with Crippen LogP contribution in [0, 0.1) is 0 Å². The molecule has 76 valence electrons. The number of hydrogen-bond acceptors (Lipinski definition) is 3. The quantitative estimate of drug-likeness (QED) is 0.678. The summed E-state index contributed by atoms with van der Waals surface area (Å²) in [6, 6.07) is 3.16. The molecule has 0 aliphatic heterocycles. The van der Waals surface area contributed by atoms with Gasteiger partial charge in [-0.3, -0.25) is 9.59 Å². The highest BCUT2D eigenvalue weighted by Gasteiger charge is 2.07. The first-order valence-corrected chi connectivity index (χ1v) is 4.51. The fourth-order valence-electron chi connectivity index (χ4n) is 1.03. The van der Waals surface area contributed by atoms with E-state index >= 15 is 0 Å². The number of ether oxygens (including phenoxy) is 1. The van der Waals surface area contributed by atoms with Crippen LogP contribution in [-0.2, 0) is 11.8 Å². The average Bonchev–Trinajstić information content (AvgIpc) is 2.13. The van der Waals surface area contributed by atoms with E-state index in [-0.39, 0.29) is 17.3 Å². The van der Waals surface area contributed by atoms with Gasteiger partial charge in [-0.2, -0.15) is 0 Å². The van der Waals surface area contributed by atoms with Crippen LogP contribution in [0.15, 0.2) is 23.1 Å². The molecule has 0 aliphatic carbocycles. The maximum absolute atomic E-state index is 11.4. The Balaban J connectivity index is 2.82. The summed E-state index contributed by atoms with van der Waals surface area (Å²) in [5.41, 5.74) is -0.294. The van der Waals surface area contributed by atoms with Crippen LogP contribution in [-0.4, -0.2) is 10.5 Å². The molecule has 4 nitrogen and oxygen atoms in total. The molecular weight excluding hydrogens is 182 g/mol. The van der Waals surface area contributed by atoms with E-state index in [2.05, 4.69) is 0 Å². The highest BCUT2D eigenvalue weighted by Crippen LogP contribution is 2.03. The van der Waals surface area contributed by atoms with E-state index in [1.807, 2.05) is 6.92 Å². The van der Waals surface area contributed by atoms with Crippen LogP contribution in [0.5, 0.6) is 5.75 Å². The van der Waals surface area contributed by atoms with E-state index in [9.17, 15) is 9.59 Å². The zero-order valence-electron chi connectivity index (χ0n) is 8.32. The van der Waals surface area contributed by atoms with Crippen molar-refractivity contribution in [2.75, 3.05) is 0 Å². The first-order chi connectivity index (χ1) is 6.65. The molecule has 1 heterocycles. The molecule has 0 fully saturated rings. The average molecular weight is 195 g/mol. The van der Waals surface area contributed by atoms with Crippen LogP contribution in [0.1, 0.15) is 19.8 Å². The van der Waals surface area contributed by atoms with Gasteiger partial charge in [0.25, 0.3) is 5.56 Å². The smallest absolute Gasteiger partial charge is 0.311 e. The lowest BCUT2D eigenvalue weighted by Gasteiger charge is -2.03. The normalized spacial score (nSPS) is 9.86. The van der Waals surface area contributed by atoms with Crippen LogP contribution in [0.25, 0.3) is 0 Å². The van der Waals surface area contributed by atoms with Crippen molar-refractivity contribution >= 4 is 5.97 Å². The Morgan fingerprint density at radius 1 is 1.57 bits per heavy atom. The number of aryl methyl sites for hydroxylation is 1. The highest BCUT2D eigenvalue weighted by atomic mass is 16.5. The number of nitrogens with zero attached hydrogens (tertiary/aromatic N) is 1. The summed E-state index contributed by atoms with van der Waals surface area (Å²) in [7, 11) is 1.61. The Morgan fingerprint density at radius 2 is 2.29 bits per heavy atom. The van der Waals surface area contributed by atoms with Gasteiger partial charge in [-0.1, -0.05) is 6.92 Å². The Kier molecular flexibility index (Phi) is 3.45. The highest BCUT2D eigenvalue weighted by molar-refractivity contribution is 5.72. The third-order valence-corrected chi connectivity index (χ3v) is 1.77. The van der Waals surface area contributed by atoms with Gasteiger partial charge in [-0.15, -0.1) is 0 Å². The van der Waals surface area contributed by atoms with Gasteiger partial charge >= 0.3 is 5.97 Å². The minimum atomic E-state index is -0.365. The van der Waals surface area contributed by atoms with Gasteiger partial charge in [-0.05, 0) is 18.6 Å². The molecule has 0 aliphatic rings. The molecule has 4 heteroatoms. The lowest BCUT2D eigenvalue weighted by Crippen LogP contribution is -2.20. The topological polar surface area (TPSA) is 48.3 Å². The summed E-state index contributed by atoms with van der Waals surface area (Å²) < 4.78 is 6.26. The van der Waals surface area contributed by atoms with Crippen molar-refractivity contribution in [2.24, 2.45) is 7.05 Å². The molecule has 1 rings (SSSR count). The number of rotatable bonds is 3. The number of aromatic nitrogens is 1. The fraction of sp³-hybridized carbons (Fsp3) is 0.400. The van der Waals surface area contributed by atoms with Crippen molar-refractivity contribution in [3.63, 3.8) is 0 Å². The van der Waals surface area contributed by atoms with Gasteiger partial charge in [0.2, 0.25) is 0 Å². The number of hydrogen-bond donors (Lipinski definition) is 0. The van der Waals surface area contributed by atoms with Gasteiger partial charge in [0, 0.05) is 19.7 Å². The first kappa shape index (κ1) is 10.5. The van der Waals surface area contributed by atoms with Crippen molar-refractivity contribution < 1.29 is 9.53 Å². The molecule has 1 aromatic heterocycles. The van der Waals surface area contributed by atoms with E-state index in [0.29, 0.717) is 12.8 Å². The Hall–Kier alpha value is -1.58. The SMILES string of the molecule is CCCC(=O)Oc1cccn(C)c1=O. The Labute approximate surface area is 82.1 Å². The van der Waals surface area contributed by atoms with E-state index in [1.165, 1.54) is 10.6 Å². The van der Waals surface area contributed by atoms with Gasteiger partial charge < -0.3 is 9.30 Å². The van der Waals surface area contributed by atoms with Crippen LogP contribution in [0.2, 0.25) is 0 Å². The molecule has 0 atom stereocenters. The zero-order chi connectivity index (χ0) is 10.6. The molecule has 0 spiro atoms. The summed E-state index contributed by atoms with van der Waals surface area (Å²) >= 11 is 0. The number of esters is 1. The molecule has 0 N–H and O–H groups in total. The lowest BCUT2D eigenvalue weighted by atomic mass is 10.3. The van der Waals surface area contributed by atoms with E-state index in [4.69, 9.17) is 4.74 Å². The van der Waals surface area contributed by atoms with Gasteiger partial charge in [0.1, 0.15) is 0 Å². The zero-order valence-corrected chi connectivity index (χ0v) is 8.32. The third kappa shape index (κ3) is 2.45. The van der Waals surface area contributed by atoms with Crippen LogP contribution in [0.4, 0.5) is 0 Å². The summed E-state index contributed by atoms with van der Waals surface area (Å²) in [5.74, 6) is -0.274. The van der Waals surface area contributed by atoms with Crippen LogP contribution < -0.4 is 10.3 Å². The van der Waals surface area contributed by atoms with Crippen molar-refractivity contribution in [1.82, 2.24) is 4.57 Å². The summed E-state index contributed by atoms with van der Waals surface area (Å²) in [6.45, 7) is 1.88. The van der Waals surface area contributed by atoms with Crippen LogP contribution in [0.3, 0.4) is 0 Å². The minimum absolute atomic E-state index is 0.0912. The lowest BCUT2D eigenvalue weighted by molar-refractivity contribution is -0.134. The molecule has 0 bridgehead atoms. The van der Waals surface area contributed by atoms with Crippen molar-refractivity contribution in [3.8, 4) is 5.75 Å². The monoisotopic (exact) mass is 195 g/mol. The minimum Gasteiger partial charge on any atom is -0.421 e. The standard InChI is InChI=1S/C10H13NO3/c1-3-5-9(12)14-8-6-4-7-11(2)10(8)13/h4,6-7H,3,5H2,1-2H3. The first-order valence-electron chi connectivity index (χ1n) is 4.51. The summed E-state index contributed by atoms with van der Waals surface area (Å²) in [4.78, 5) is 22.5. The van der Waals surface area contributed by atoms with Crippen LogP contribution >= 0.6 is 0 Å². The van der Waals surface area contributed by atoms with E-state index in [1.54, 1.807) is 19.3 Å². The molecule has 14 heavy (non-hydrogen) atoms. The number of pyridine rings is 1. The molecule has 1 aromatic rings. The second kappa shape index (κ2) is 4.60. The third-order valence-electron chi connectivity index (χ3n) is 1.77. The van der Waals surface area contributed by atoms with Crippen molar-refractivity contribution in [3.05, 3.63) is 28.7 Å². The van der Waals surface area contributed by atoms with Crippen molar-refractivity contribution in [1.29, 1.82) is 0 Å². The molecule has 0 amide bonds.